The van der Waals surface area contributed by atoms with Crippen LogP contribution in [0.2, 0.25) is 0 Å². The topological polar surface area (TPSA) is 32.3 Å². The summed E-state index contributed by atoms with van der Waals surface area (Å²) < 4.78 is 0. The third-order valence-corrected chi connectivity index (χ3v) is 5.25. The summed E-state index contributed by atoms with van der Waals surface area (Å²) in [5, 5.41) is 5.47. The molecule has 1 atom stereocenters. The van der Waals surface area contributed by atoms with Crippen LogP contribution in [0.15, 0.2) is 17.5 Å². The second-order valence-corrected chi connectivity index (χ2v) is 6.63. The Morgan fingerprint density at radius 3 is 2.95 bits per heavy atom. The lowest BCUT2D eigenvalue weighted by molar-refractivity contribution is -0.123. The van der Waals surface area contributed by atoms with Gasteiger partial charge in [0.15, 0.2) is 5.78 Å². The van der Waals surface area contributed by atoms with Crippen molar-refractivity contribution in [3.63, 3.8) is 0 Å². The van der Waals surface area contributed by atoms with E-state index in [0.29, 0.717) is 18.2 Å². The molecule has 2 aliphatic heterocycles. The van der Waals surface area contributed by atoms with Crippen LogP contribution in [-0.4, -0.2) is 42.4 Å². The fourth-order valence-electron chi connectivity index (χ4n) is 3.41. The molecule has 0 aliphatic carbocycles. The van der Waals surface area contributed by atoms with Gasteiger partial charge in [0.1, 0.15) is 0 Å². The number of carbonyl (C=O) groups is 1. The predicted octanol–water partition coefficient (Wildman–Crippen LogP) is 2.08. The molecule has 0 saturated carbocycles. The zero-order valence-electron chi connectivity index (χ0n) is 11.3. The highest BCUT2D eigenvalue weighted by Crippen LogP contribution is 2.26. The highest BCUT2D eigenvalue weighted by atomic mass is 32.1. The number of rotatable bonds is 4. The summed E-state index contributed by atoms with van der Waals surface area (Å²) in [5.74, 6) is 0.429. The fraction of sp³-hybridized carbons (Fsp3) is 0.667. The molecule has 0 radical (unpaired) electrons. The van der Waals surface area contributed by atoms with Crippen LogP contribution in [0.1, 0.15) is 30.6 Å². The van der Waals surface area contributed by atoms with E-state index in [4.69, 9.17) is 0 Å². The Kier molecular flexibility index (Phi) is 4.31. The number of nitrogens with zero attached hydrogens (tertiary/aromatic N) is 1. The number of ketones is 1. The van der Waals surface area contributed by atoms with Crippen LogP contribution in [0, 0.1) is 0 Å². The number of likely N-dealkylation sites (tertiary alicyclic amines) is 1. The average Bonchev–Trinajstić information content (AvgIpc) is 3.10. The molecule has 3 heterocycles. The summed E-state index contributed by atoms with van der Waals surface area (Å²) in [6, 6.07) is 4.92. The first-order chi connectivity index (χ1) is 9.34. The van der Waals surface area contributed by atoms with Crippen molar-refractivity contribution in [2.75, 3.05) is 19.6 Å². The minimum atomic E-state index is 0.185. The van der Waals surface area contributed by atoms with Crippen LogP contribution in [-0.2, 0) is 11.2 Å². The molecule has 3 rings (SSSR count). The molecule has 1 unspecified atom stereocenters. The van der Waals surface area contributed by atoms with Crippen LogP contribution >= 0.6 is 11.3 Å². The molecule has 1 aromatic rings. The summed E-state index contributed by atoms with van der Waals surface area (Å²) >= 11 is 1.70. The van der Waals surface area contributed by atoms with Gasteiger partial charge in [0.2, 0.25) is 0 Å². The van der Waals surface area contributed by atoms with Crippen LogP contribution in [0.5, 0.6) is 0 Å². The number of piperidine rings is 1. The predicted molar refractivity (Wildman–Crippen MR) is 78.6 cm³/mol. The Morgan fingerprint density at radius 1 is 1.37 bits per heavy atom. The van der Waals surface area contributed by atoms with Gasteiger partial charge in [0.25, 0.3) is 0 Å². The lowest BCUT2D eigenvalue weighted by atomic mass is 10.0. The van der Waals surface area contributed by atoms with Crippen LogP contribution in [0.4, 0.5) is 0 Å². The van der Waals surface area contributed by atoms with Crippen molar-refractivity contribution in [1.29, 1.82) is 0 Å². The van der Waals surface area contributed by atoms with Crippen molar-refractivity contribution in [3.8, 4) is 0 Å². The second-order valence-electron chi connectivity index (χ2n) is 5.60. The molecule has 0 bridgehead atoms. The van der Waals surface area contributed by atoms with E-state index >= 15 is 0 Å². The van der Waals surface area contributed by atoms with E-state index in [1.807, 2.05) is 6.07 Å². The molecule has 2 fully saturated rings. The first kappa shape index (κ1) is 13.3. The zero-order valence-corrected chi connectivity index (χ0v) is 12.1. The molecule has 1 N–H and O–H groups in total. The number of thiophene rings is 1. The Labute approximate surface area is 119 Å². The standard InChI is InChI=1S/C15H22N2OS/c18-15(11-13-3-2-10-19-13)14-4-1-9-17(14)12-5-7-16-8-6-12/h2-3,10,12,14,16H,1,4-9,11H2. The lowest BCUT2D eigenvalue weighted by Crippen LogP contribution is -2.48. The molecule has 2 aliphatic rings. The van der Waals surface area contributed by atoms with E-state index in [-0.39, 0.29) is 6.04 Å². The van der Waals surface area contributed by atoms with E-state index < -0.39 is 0 Å². The minimum Gasteiger partial charge on any atom is -0.317 e. The number of hydrogen-bond acceptors (Lipinski definition) is 4. The van der Waals surface area contributed by atoms with Gasteiger partial charge in [-0.3, -0.25) is 9.69 Å². The van der Waals surface area contributed by atoms with E-state index in [1.165, 1.54) is 24.1 Å². The maximum atomic E-state index is 12.5. The van der Waals surface area contributed by atoms with Crippen molar-refractivity contribution >= 4 is 17.1 Å². The van der Waals surface area contributed by atoms with Crippen molar-refractivity contribution in [2.24, 2.45) is 0 Å². The maximum Gasteiger partial charge on any atom is 0.155 e. The Morgan fingerprint density at radius 2 is 2.21 bits per heavy atom. The first-order valence-electron chi connectivity index (χ1n) is 7.36. The third-order valence-electron chi connectivity index (χ3n) is 4.37. The Hall–Kier alpha value is -0.710. The minimum absolute atomic E-state index is 0.185. The molecule has 0 spiro atoms. The first-order valence-corrected chi connectivity index (χ1v) is 8.24. The fourth-order valence-corrected chi connectivity index (χ4v) is 4.13. The van der Waals surface area contributed by atoms with Gasteiger partial charge in [0.05, 0.1) is 6.04 Å². The highest BCUT2D eigenvalue weighted by molar-refractivity contribution is 7.10. The second kappa shape index (κ2) is 6.16. The number of hydrogen-bond donors (Lipinski definition) is 1. The highest BCUT2D eigenvalue weighted by Gasteiger charge is 2.35. The quantitative estimate of drug-likeness (QED) is 0.915. The van der Waals surface area contributed by atoms with E-state index in [2.05, 4.69) is 21.7 Å². The Balaban J connectivity index is 1.63. The molecular weight excluding hydrogens is 256 g/mol. The number of Topliss-reactive ketones (excluding diaryl/α,β-unsaturated/α-hetero) is 1. The van der Waals surface area contributed by atoms with Gasteiger partial charge in [-0.15, -0.1) is 11.3 Å². The summed E-state index contributed by atoms with van der Waals surface area (Å²) in [7, 11) is 0. The van der Waals surface area contributed by atoms with Crippen LogP contribution in [0.3, 0.4) is 0 Å². The summed E-state index contributed by atoms with van der Waals surface area (Å²) in [4.78, 5) is 16.2. The molecule has 3 nitrogen and oxygen atoms in total. The van der Waals surface area contributed by atoms with Crippen molar-refractivity contribution in [1.82, 2.24) is 10.2 Å². The number of nitrogens with one attached hydrogen (secondary N) is 1. The third kappa shape index (κ3) is 3.07. The van der Waals surface area contributed by atoms with Gasteiger partial charge >= 0.3 is 0 Å². The van der Waals surface area contributed by atoms with Crippen LogP contribution < -0.4 is 5.32 Å². The summed E-state index contributed by atoms with van der Waals surface area (Å²) in [6.45, 7) is 3.32. The van der Waals surface area contributed by atoms with Crippen molar-refractivity contribution in [3.05, 3.63) is 22.4 Å². The molecule has 4 heteroatoms. The van der Waals surface area contributed by atoms with Crippen molar-refractivity contribution < 1.29 is 4.79 Å². The van der Waals surface area contributed by atoms with E-state index in [9.17, 15) is 4.79 Å². The van der Waals surface area contributed by atoms with Gasteiger partial charge in [-0.2, -0.15) is 0 Å². The van der Waals surface area contributed by atoms with Crippen molar-refractivity contribution in [2.45, 2.75) is 44.2 Å². The largest absolute Gasteiger partial charge is 0.317 e. The molecule has 0 amide bonds. The zero-order chi connectivity index (χ0) is 13.1. The molecule has 2 saturated heterocycles. The molecule has 19 heavy (non-hydrogen) atoms. The van der Waals surface area contributed by atoms with Gasteiger partial charge < -0.3 is 5.32 Å². The maximum absolute atomic E-state index is 12.5. The molecule has 1 aromatic heterocycles. The van der Waals surface area contributed by atoms with Gasteiger partial charge in [-0.05, 0) is 56.8 Å². The molecule has 0 aromatic carbocycles. The molecule has 104 valence electrons. The van der Waals surface area contributed by atoms with E-state index in [1.54, 1.807) is 11.3 Å². The van der Waals surface area contributed by atoms with Gasteiger partial charge in [-0.25, -0.2) is 0 Å². The van der Waals surface area contributed by atoms with Gasteiger partial charge in [-0.1, -0.05) is 6.07 Å². The SMILES string of the molecule is O=C(Cc1cccs1)C1CCCN1C1CCNCC1. The summed E-state index contributed by atoms with van der Waals surface area (Å²) in [5.41, 5.74) is 0. The average molecular weight is 278 g/mol. The number of carbonyl (C=O) groups excluding carboxylic acids is 1. The molecular formula is C15H22N2OS. The monoisotopic (exact) mass is 278 g/mol. The van der Waals surface area contributed by atoms with Crippen LogP contribution in [0.25, 0.3) is 0 Å². The lowest BCUT2D eigenvalue weighted by Gasteiger charge is -2.35. The smallest absolute Gasteiger partial charge is 0.155 e. The summed E-state index contributed by atoms with van der Waals surface area (Å²) in [6.07, 6.45) is 5.27. The Bertz CT molecular complexity index is 412. The van der Waals surface area contributed by atoms with E-state index in [0.717, 1.165) is 26.1 Å². The normalized spacial score (nSPS) is 25.8. The van der Waals surface area contributed by atoms with Gasteiger partial charge in [0, 0.05) is 17.3 Å².